The van der Waals surface area contributed by atoms with Gasteiger partial charge in [0.05, 0.1) is 26.2 Å². The molecule has 1 aliphatic rings. The van der Waals surface area contributed by atoms with Crippen molar-refractivity contribution in [3.05, 3.63) is 82.4 Å². The van der Waals surface area contributed by atoms with Crippen molar-refractivity contribution in [1.82, 2.24) is 9.62 Å². The zero-order valence-corrected chi connectivity index (χ0v) is 21.5. The Labute approximate surface area is 211 Å². The first-order valence-corrected chi connectivity index (χ1v) is 13.1. The first-order chi connectivity index (χ1) is 16.8. The average Bonchev–Trinajstić information content (AvgIpc) is 2.87. The molecule has 1 atom stereocenters. The molecule has 0 radical (unpaired) electrons. The Bertz CT molecular complexity index is 1260. The van der Waals surface area contributed by atoms with E-state index >= 15 is 0 Å². The number of benzene rings is 3. The van der Waals surface area contributed by atoms with Crippen molar-refractivity contribution in [1.29, 1.82) is 0 Å². The molecule has 3 aromatic carbocycles. The molecule has 7 nitrogen and oxygen atoms in total. The zero-order chi connectivity index (χ0) is 25.0. The quantitative estimate of drug-likeness (QED) is 0.453. The van der Waals surface area contributed by atoms with Crippen LogP contribution in [0.15, 0.2) is 65.6 Å². The lowest BCUT2D eigenvalue weighted by atomic mass is 9.91. The molecule has 1 aliphatic heterocycles. The molecule has 0 saturated carbocycles. The second kappa shape index (κ2) is 10.9. The Balaban J connectivity index is 1.65. The number of rotatable bonds is 9. The Hall–Kier alpha value is -2.78. The van der Waals surface area contributed by atoms with Crippen molar-refractivity contribution in [2.75, 3.05) is 34.4 Å². The van der Waals surface area contributed by atoms with Crippen LogP contribution in [-0.4, -0.2) is 47.7 Å². The highest BCUT2D eigenvalue weighted by atomic mass is 35.5. The Morgan fingerprint density at radius 1 is 0.943 bits per heavy atom. The first kappa shape index (κ1) is 25.3. The van der Waals surface area contributed by atoms with Crippen LogP contribution >= 0.6 is 11.6 Å². The SMILES string of the molecule is COc1ccc(CN2CCc3cc(OC)c(OC)cc3[C@H]2CNS(=O)(=O)c2ccc(Cl)cc2)cc1. The standard InChI is InChI=1S/C26H29ClN2O5S/c1-32-21-8-4-18(5-9-21)17-29-13-12-19-14-25(33-2)26(34-3)15-23(19)24(29)16-28-35(30,31)22-10-6-20(27)7-11-22/h4-11,14-15,24,28H,12-13,16-17H2,1-3H3/t24-/m1/s1. The van der Waals surface area contributed by atoms with Crippen LogP contribution in [0.3, 0.4) is 0 Å². The van der Waals surface area contributed by atoms with Crippen LogP contribution in [0.25, 0.3) is 0 Å². The van der Waals surface area contributed by atoms with E-state index in [1.165, 1.54) is 12.1 Å². The molecule has 0 fully saturated rings. The van der Waals surface area contributed by atoms with E-state index in [0.717, 1.165) is 35.4 Å². The topological polar surface area (TPSA) is 77.1 Å². The number of fused-ring (bicyclic) bond motifs is 1. The van der Waals surface area contributed by atoms with Gasteiger partial charge in [0.25, 0.3) is 0 Å². The number of ether oxygens (including phenoxy) is 3. The van der Waals surface area contributed by atoms with Crippen molar-refractivity contribution >= 4 is 21.6 Å². The van der Waals surface area contributed by atoms with Crippen LogP contribution in [0.5, 0.6) is 17.2 Å². The summed E-state index contributed by atoms with van der Waals surface area (Å²) in [6.07, 6.45) is 0.812. The van der Waals surface area contributed by atoms with Gasteiger partial charge in [0.2, 0.25) is 10.0 Å². The van der Waals surface area contributed by atoms with Crippen LogP contribution in [0, 0.1) is 0 Å². The molecule has 0 bridgehead atoms. The van der Waals surface area contributed by atoms with Gasteiger partial charge >= 0.3 is 0 Å². The molecule has 0 saturated heterocycles. The van der Waals surface area contributed by atoms with E-state index in [-0.39, 0.29) is 17.5 Å². The van der Waals surface area contributed by atoms with Crippen LogP contribution in [-0.2, 0) is 23.0 Å². The van der Waals surface area contributed by atoms with Gasteiger partial charge in [0.1, 0.15) is 5.75 Å². The minimum atomic E-state index is -3.72. The second-order valence-electron chi connectivity index (χ2n) is 8.30. The summed E-state index contributed by atoms with van der Waals surface area (Å²) in [7, 11) is 1.13. The summed E-state index contributed by atoms with van der Waals surface area (Å²) in [4.78, 5) is 2.45. The fourth-order valence-corrected chi connectivity index (χ4v) is 5.52. The summed E-state index contributed by atoms with van der Waals surface area (Å²) in [6, 6.07) is 17.8. The van der Waals surface area contributed by atoms with Gasteiger partial charge in [-0.2, -0.15) is 0 Å². The maximum Gasteiger partial charge on any atom is 0.240 e. The third-order valence-electron chi connectivity index (χ3n) is 6.25. The monoisotopic (exact) mass is 516 g/mol. The first-order valence-electron chi connectivity index (χ1n) is 11.2. The molecule has 0 aromatic heterocycles. The number of halogens is 1. The molecular weight excluding hydrogens is 488 g/mol. The minimum absolute atomic E-state index is 0.173. The predicted molar refractivity (Wildman–Crippen MR) is 136 cm³/mol. The van der Waals surface area contributed by atoms with Gasteiger partial charge in [-0.15, -0.1) is 0 Å². The van der Waals surface area contributed by atoms with Crippen molar-refractivity contribution in [3.63, 3.8) is 0 Å². The van der Waals surface area contributed by atoms with Crippen molar-refractivity contribution in [2.45, 2.75) is 23.9 Å². The predicted octanol–water partition coefficient (Wildman–Crippen LogP) is 4.44. The Morgan fingerprint density at radius 3 is 2.23 bits per heavy atom. The van der Waals surface area contributed by atoms with Crippen LogP contribution in [0.2, 0.25) is 5.02 Å². The van der Waals surface area contributed by atoms with Crippen LogP contribution < -0.4 is 18.9 Å². The van der Waals surface area contributed by atoms with Crippen LogP contribution in [0.1, 0.15) is 22.7 Å². The van der Waals surface area contributed by atoms with Gasteiger partial charge < -0.3 is 14.2 Å². The number of hydrogen-bond donors (Lipinski definition) is 1. The van der Waals surface area contributed by atoms with E-state index in [0.29, 0.717) is 23.1 Å². The Kier molecular flexibility index (Phi) is 7.86. The van der Waals surface area contributed by atoms with Crippen LogP contribution in [0.4, 0.5) is 0 Å². The van der Waals surface area contributed by atoms with Gasteiger partial charge in [-0.05, 0) is 71.6 Å². The minimum Gasteiger partial charge on any atom is -0.497 e. The zero-order valence-electron chi connectivity index (χ0n) is 20.0. The molecule has 3 aromatic rings. The molecule has 35 heavy (non-hydrogen) atoms. The molecule has 0 aliphatic carbocycles. The van der Waals surface area contributed by atoms with Gasteiger partial charge in [-0.3, -0.25) is 4.90 Å². The average molecular weight is 517 g/mol. The highest BCUT2D eigenvalue weighted by molar-refractivity contribution is 7.89. The summed E-state index contributed by atoms with van der Waals surface area (Å²) in [5.74, 6) is 2.07. The van der Waals surface area contributed by atoms with E-state index < -0.39 is 10.0 Å². The molecule has 0 unspecified atom stereocenters. The summed E-state index contributed by atoms with van der Waals surface area (Å²) >= 11 is 5.93. The smallest absolute Gasteiger partial charge is 0.240 e. The fraction of sp³-hybridized carbons (Fsp3) is 0.308. The molecule has 186 valence electrons. The third kappa shape index (κ3) is 5.73. The number of hydrogen-bond acceptors (Lipinski definition) is 6. The summed E-state index contributed by atoms with van der Waals surface area (Å²) in [6.45, 7) is 1.62. The summed E-state index contributed by atoms with van der Waals surface area (Å²) < 4.78 is 45.2. The lowest BCUT2D eigenvalue weighted by Gasteiger charge is -2.38. The van der Waals surface area contributed by atoms with Gasteiger partial charge in [0.15, 0.2) is 11.5 Å². The van der Waals surface area contributed by atoms with Crippen molar-refractivity contribution in [2.24, 2.45) is 0 Å². The number of sulfonamides is 1. The molecule has 1 N–H and O–H groups in total. The second-order valence-corrected chi connectivity index (χ2v) is 10.5. The maximum atomic E-state index is 13.0. The number of nitrogens with zero attached hydrogens (tertiary/aromatic N) is 1. The normalized spacial score (nSPS) is 15.9. The highest BCUT2D eigenvalue weighted by Gasteiger charge is 2.30. The molecule has 1 heterocycles. The molecule has 0 amide bonds. The lowest BCUT2D eigenvalue weighted by molar-refractivity contribution is 0.176. The third-order valence-corrected chi connectivity index (χ3v) is 7.94. The molecular formula is C26H29ClN2O5S. The van der Waals surface area contributed by atoms with E-state index in [1.54, 1.807) is 33.5 Å². The number of methoxy groups -OCH3 is 3. The van der Waals surface area contributed by atoms with Gasteiger partial charge in [0, 0.05) is 30.7 Å². The van der Waals surface area contributed by atoms with Gasteiger partial charge in [-0.25, -0.2) is 13.1 Å². The lowest BCUT2D eigenvalue weighted by Crippen LogP contribution is -2.41. The van der Waals surface area contributed by atoms with E-state index in [4.69, 9.17) is 25.8 Å². The molecule has 0 spiro atoms. The largest absolute Gasteiger partial charge is 0.497 e. The molecule has 4 rings (SSSR count). The van der Waals surface area contributed by atoms with E-state index in [9.17, 15) is 8.42 Å². The van der Waals surface area contributed by atoms with Crippen molar-refractivity contribution < 1.29 is 22.6 Å². The molecule has 9 heteroatoms. The number of nitrogens with one attached hydrogen (secondary N) is 1. The highest BCUT2D eigenvalue weighted by Crippen LogP contribution is 2.38. The Morgan fingerprint density at radius 2 is 1.60 bits per heavy atom. The van der Waals surface area contributed by atoms with Gasteiger partial charge in [-0.1, -0.05) is 23.7 Å². The van der Waals surface area contributed by atoms with E-state index in [1.807, 2.05) is 36.4 Å². The fourth-order valence-electron chi connectivity index (χ4n) is 4.36. The maximum absolute atomic E-state index is 13.0. The summed E-state index contributed by atoms with van der Waals surface area (Å²) in [5.41, 5.74) is 3.24. The van der Waals surface area contributed by atoms with Crippen molar-refractivity contribution in [3.8, 4) is 17.2 Å². The van der Waals surface area contributed by atoms with E-state index in [2.05, 4.69) is 9.62 Å². The summed E-state index contributed by atoms with van der Waals surface area (Å²) in [5, 5.41) is 0.483.